The maximum atomic E-state index is 12.1. The van der Waals surface area contributed by atoms with Gasteiger partial charge in [-0.1, -0.05) is 0 Å². The molecule has 1 aromatic carbocycles. The number of hydrogen-bond acceptors (Lipinski definition) is 4. The predicted octanol–water partition coefficient (Wildman–Crippen LogP) is 1.07. The van der Waals surface area contributed by atoms with Crippen molar-refractivity contribution in [3.05, 3.63) is 29.8 Å². The van der Waals surface area contributed by atoms with Crippen LogP contribution in [0.1, 0.15) is 30.1 Å². The lowest BCUT2D eigenvalue weighted by Crippen LogP contribution is -2.54. The van der Waals surface area contributed by atoms with Crippen molar-refractivity contribution in [1.29, 1.82) is 0 Å². The van der Waals surface area contributed by atoms with E-state index in [1.807, 2.05) is 0 Å². The van der Waals surface area contributed by atoms with Crippen LogP contribution in [0, 0.1) is 5.92 Å². The fourth-order valence-electron chi connectivity index (χ4n) is 2.15. The molecule has 1 atom stereocenters. The summed E-state index contributed by atoms with van der Waals surface area (Å²) < 4.78 is 22.7. The third-order valence-electron chi connectivity index (χ3n) is 3.76. The molecule has 1 aliphatic rings. The highest BCUT2D eigenvalue weighted by molar-refractivity contribution is 7.90. The maximum absolute atomic E-state index is 12.1. The van der Waals surface area contributed by atoms with E-state index in [0.29, 0.717) is 0 Å². The average molecular weight is 311 g/mol. The molecule has 0 aliphatic heterocycles. The van der Waals surface area contributed by atoms with Crippen LogP contribution in [0.5, 0.6) is 0 Å². The molecule has 7 heteroatoms. The van der Waals surface area contributed by atoms with Gasteiger partial charge < -0.3 is 10.4 Å². The molecule has 6 nitrogen and oxygen atoms in total. The zero-order valence-electron chi connectivity index (χ0n) is 11.8. The molecule has 1 fully saturated rings. The van der Waals surface area contributed by atoms with Crippen molar-refractivity contribution in [1.82, 2.24) is 5.32 Å². The Bertz CT molecular complexity index is 676. The van der Waals surface area contributed by atoms with Crippen molar-refractivity contribution >= 4 is 21.7 Å². The molecule has 1 amide bonds. The zero-order valence-corrected chi connectivity index (χ0v) is 12.6. The Kier molecular flexibility index (Phi) is 3.79. The van der Waals surface area contributed by atoms with Gasteiger partial charge in [-0.2, -0.15) is 0 Å². The van der Waals surface area contributed by atoms with E-state index < -0.39 is 27.3 Å². The van der Waals surface area contributed by atoms with Crippen molar-refractivity contribution in [3.63, 3.8) is 0 Å². The Hall–Kier alpha value is -1.89. The largest absolute Gasteiger partial charge is 0.480 e. The lowest BCUT2D eigenvalue weighted by molar-refractivity contribution is -0.144. The monoisotopic (exact) mass is 311 g/mol. The van der Waals surface area contributed by atoms with Crippen molar-refractivity contribution in [3.8, 4) is 0 Å². The summed E-state index contributed by atoms with van der Waals surface area (Å²) in [5.41, 5.74) is -1.05. The van der Waals surface area contributed by atoms with E-state index in [-0.39, 0.29) is 16.4 Å². The second-order valence-electron chi connectivity index (χ2n) is 5.53. The number of amides is 1. The molecule has 0 bridgehead atoms. The quantitative estimate of drug-likeness (QED) is 0.847. The lowest BCUT2D eigenvalue weighted by atomic mass is 9.95. The summed E-state index contributed by atoms with van der Waals surface area (Å²) >= 11 is 0. The van der Waals surface area contributed by atoms with Gasteiger partial charge in [0, 0.05) is 11.8 Å². The summed E-state index contributed by atoms with van der Waals surface area (Å²) in [5, 5.41) is 11.8. The number of benzene rings is 1. The Morgan fingerprint density at radius 1 is 1.24 bits per heavy atom. The number of hydrogen-bond donors (Lipinski definition) is 2. The number of carboxylic acids is 1. The van der Waals surface area contributed by atoms with Crippen LogP contribution < -0.4 is 5.32 Å². The minimum atomic E-state index is -3.32. The van der Waals surface area contributed by atoms with Crippen LogP contribution in [0.25, 0.3) is 0 Å². The zero-order chi connectivity index (χ0) is 15.8. The Morgan fingerprint density at radius 2 is 1.76 bits per heavy atom. The van der Waals surface area contributed by atoms with E-state index in [4.69, 9.17) is 0 Å². The third kappa shape index (κ3) is 3.24. The normalized spacial score (nSPS) is 17.8. The molecule has 1 aromatic rings. The van der Waals surface area contributed by atoms with Crippen LogP contribution >= 0.6 is 0 Å². The first kappa shape index (κ1) is 15.5. The highest BCUT2D eigenvalue weighted by atomic mass is 32.2. The van der Waals surface area contributed by atoms with E-state index in [9.17, 15) is 23.1 Å². The van der Waals surface area contributed by atoms with Crippen LogP contribution in [0.2, 0.25) is 0 Å². The Labute approximate surface area is 123 Å². The minimum Gasteiger partial charge on any atom is -0.480 e. The van der Waals surface area contributed by atoms with Gasteiger partial charge in [0.15, 0.2) is 9.84 Å². The van der Waals surface area contributed by atoms with Gasteiger partial charge in [-0.15, -0.1) is 0 Å². The molecule has 0 aromatic heterocycles. The Balaban J connectivity index is 2.19. The molecule has 0 radical (unpaired) electrons. The van der Waals surface area contributed by atoms with Crippen LogP contribution in [-0.2, 0) is 14.6 Å². The van der Waals surface area contributed by atoms with Crippen molar-refractivity contribution in [2.75, 3.05) is 6.26 Å². The summed E-state index contributed by atoms with van der Waals surface area (Å²) in [6, 6.07) is 5.42. The smallest absolute Gasteiger partial charge is 0.329 e. The molecule has 1 saturated carbocycles. The van der Waals surface area contributed by atoms with Gasteiger partial charge in [-0.05, 0) is 49.9 Å². The fourth-order valence-corrected chi connectivity index (χ4v) is 2.78. The highest BCUT2D eigenvalue weighted by Crippen LogP contribution is 2.39. The molecular formula is C14H17NO5S. The summed E-state index contributed by atoms with van der Waals surface area (Å²) in [6.07, 6.45) is 2.63. The summed E-state index contributed by atoms with van der Waals surface area (Å²) in [7, 11) is -3.32. The predicted molar refractivity (Wildman–Crippen MR) is 75.8 cm³/mol. The fraction of sp³-hybridized carbons (Fsp3) is 0.429. The summed E-state index contributed by atoms with van der Waals surface area (Å²) in [6.45, 7) is 1.50. The molecule has 0 heterocycles. The SMILES string of the molecule is CC(NC(=O)c1ccc(S(C)(=O)=O)cc1)(C(=O)O)C1CC1. The van der Waals surface area contributed by atoms with E-state index in [1.165, 1.54) is 31.2 Å². The standard InChI is InChI=1S/C14H17NO5S/c1-14(13(17)18,10-5-6-10)15-12(16)9-3-7-11(8-4-9)21(2,19)20/h3-4,7-8,10H,5-6H2,1-2H3,(H,15,16)(H,17,18). The van der Waals surface area contributed by atoms with E-state index in [1.54, 1.807) is 0 Å². The van der Waals surface area contributed by atoms with Gasteiger partial charge in [0.1, 0.15) is 5.54 Å². The number of nitrogens with one attached hydrogen (secondary N) is 1. The van der Waals surface area contributed by atoms with Gasteiger partial charge >= 0.3 is 5.97 Å². The second kappa shape index (κ2) is 5.14. The summed E-state index contributed by atoms with van der Waals surface area (Å²) in [4.78, 5) is 23.6. The van der Waals surface area contributed by atoms with Gasteiger partial charge in [0.25, 0.3) is 5.91 Å². The van der Waals surface area contributed by atoms with Crippen molar-refractivity contribution in [2.24, 2.45) is 5.92 Å². The molecule has 1 aliphatic carbocycles. The molecule has 114 valence electrons. The number of carbonyl (C=O) groups excluding carboxylic acids is 1. The first-order valence-electron chi connectivity index (χ1n) is 6.50. The first-order valence-corrected chi connectivity index (χ1v) is 8.40. The topological polar surface area (TPSA) is 101 Å². The van der Waals surface area contributed by atoms with Crippen molar-refractivity contribution in [2.45, 2.75) is 30.2 Å². The average Bonchev–Trinajstić information content (AvgIpc) is 3.22. The minimum absolute atomic E-state index is 0.0609. The number of carbonyl (C=O) groups is 2. The van der Waals surface area contributed by atoms with Gasteiger partial charge in [-0.3, -0.25) is 4.79 Å². The number of carboxylic acid groups (broad SMARTS) is 1. The maximum Gasteiger partial charge on any atom is 0.329 e. The molecular weight excluding hydrogens is 294 g/mol. The molecule has 0 spiro atoms. The van der Waals surface area contributed by atoms with Gasteiger partial charge in [-0.25, -0.2) is 13.2 Å². The first-order chi connectivity index (χ1) is 9.64. The molecule has 2 N–H and O–H groups in total. The number of sulfone groups is 1. The lowest BCUT2D eigenvalue weighted by Gasteiger charge is -2.26. The van der Waals surface area contributed by atoms with Crippen LogP contribution in [0.3, 0.4) is 0 Å². The van der Waals surface area contributed by atoms with Gasteiger partial charge in [0.2, 0.25) is 0 Å². The third-order valence-corrected chi connectivity index (χ3v) is 4.88. The molecule has 21 heavy (non-hydrogen) atoms. The van der Waals surface area contributed by atoms with Gasteiger partial charge in [0.05, 0.1) is 4.90 Å². The summed E-state index contributed by atoms with van der Waals surface area (Å²) in [5.74, 6) is -1.65. The molecule has 0 saturated heterocycles. The highest BCUT2D eigenvalue weighted by Gasteiger charge is 2.48. The Morgan fingerprint density at radius 3 is 2.14 bits per heavy atom. The number of rotatable bonds is 5. The van der Waals surface area contributed by atoms with E-state index >= 15 is 0 Å². The number of aliphatic carboxylic acids is 1. The van der Waals surface area contributed by atoms with Crippen molar-refractivity contribution < 1.29 is 23.1 Å². The molecule has 2 rings (SSSR count). The molecule has 1 unspecified atom stereocenters. The van der Waals surface area contributed by atoms with Crippen LogP contribution in [0.15, 0.2) is 29.2 Å². The van der Waals surface area contributed by atoms with E-state index in [0.717, 1.165) is 19.1 Å². The van der Waals surface area contributed by atoms with Crippen LogP contribution in [-0.4, -0.2) is 37.2 Å². The second-order valence-corrected chi connectivity index (χ2v) is 7.55. The van der Waals surface area contributed by atoms with Crippen LogP contribution in [0.4, 0.5) is 0 Å². The van der Waals surface area contributed by atoms with E-state index in [2.05, 4.69) is 5.32 Å².